The second kappa shape index (κ2) is 3.50. The molecule has 0 amide bonds. The van der Waals surface area contributed by atoms with Gasteiger partial charge in [0.25, 0.3) is 0 Å². The number of aryl methyl sites for hydroxylation is 1. The molecule has 1 nitrogen and oxygen atoms in total. The summed E-state index contributed by atoms with van der Waals surface area (Å²) in [7, 11) is 2.04. The van der Waals surface area contributed by atoms with Crippen LogP contribution in [0.15, 0.2) is 37.0 Å². The van der Waals surface area contributed by atoms with Gasteiger partial charge in [0.15, 0.2) is 0 Å². The molecule has 14 heavy (non-hydrogen) atoms. The maximum atomic E-state index is 5.74. The van der Waals surface area contributed by atoms with Crippen LogP contribution in [-0.4, -0.2) is 10.4 Å². The highest BCUT2D eigenvalue weighted by molar-refractivity contribution is 6.23. The quantitative estimate of drug-likeness (QED) is 0.662. The molecule has 2 rings (SSSR count). The van der Waals surface area contributed by atoms with E-state index in [-0.39, 0.29) is 0 Å². The highest BCUT2D eigenvalue weighted by Crippen LogP contribution is 2.21. The van der Waals surface area contributed by atoms with E-state index >= 15 is 0 Å². The van der Waals surface area contributed by atoms with Gasteiger partial charge < -0.3 is 4.57 Å². The van der Waals surface area contributed by atoms with E-state index in [9.17, 15) is 0 Å². The van der Waals surface area contributed by atoms with Gasteiger partial charge in [-0.25, -0.2) is 0 Å². The average Bonchev–Trinajstić information content (AvgIpc) is 2.59. The first-order valence-electron chi connectivity index (χ1n) is 4.51. The van der Waals surface area contributed by atoms with Crippen LogP contribution in [-0.2, 0) is 7.05 Å². The van der Waals surface area contributed by atoms with Crippen LogP contribution in [0.3, 0.4) is 0 Å². The summed E-state index contributed by atoms with van der Waals surface area (Å²) in [5, 5.41) is 1.23. The first-order chi connectivity index (χ1) is 6.72. The number of rotatable bonds is 2. The standard InChI is InChI=1S/C12H12ClN/c1-9(8-13)10-3-4-12-11(7-10)5-6-14(12)2/h3-7H,1,8H2,2H3. The molecule has 0 spiro atoms. The van der Waals surface area contributed by atoms with Gasteiger partial charge in [0, 0.05) is 30.0 Å². The third kappa shape index (κ3) is 1.44. The Morgan fingerprint density at radius 2 is 2.21 bits per heavy atom. The van der Waals surface area contributed by atoms with E-state index in [0.717, 1.165) is 11.1 Å². The molecule has 0 unspecified atom stereocenters. The molecule has 0 saturated carbocycles. The normalized spacial score (nSPS) is 10.7. The Morgan fingerprint density at radius 1 is 1.43 bits per heavy atom. The number of hydrogen-bond acceptors (Lipinski definition) is 0. The van der Waals surface area contributed by atoms with Crippen LogP contribution in [0.5, 0.6) is 0 Å². The molecular formula is C12H12ClN. The molecule has 2 aromatic rings. The highest BCUT2D eigenvalue weighted by Gasteiger charge is 2.01. The molecule has 0 bridgehead atoms. The summed E-state index contributed by atoms with van der Waals surface area (Å²) in [4.78, 5) is 0. The number of fused-ring (bicyclic) bond motifs is 1. The summed E-state index contributed by atoms with van der Waals surface area (Å²) in [6.45, 7) is 3.92. The van der Waals surface area contributed by atoms with Crippen LogP contribution in [0.2, 0.25) is 0 Å². The Labute approximate surface area is 88.6 Å². The second-order valence-electron chi connectivity index (χ2n) is 3.44. The van der Waals surface area contributed by atoms with Gasteiger partial charge in [0.2, 0.25) is 0 Å². The van der Waals surface area contributed by atoms with E-state index in [1.807, 2.05) is 7.05 Å². The smallest absolute Gasteiger partial charge is 0.0478 e. The van der Waals surface area contributed by atoms with Crippen LogP contribution in [0.25, 0.3) is 16.5 Å². The van der Waals surface area contributed by atoms with Crippen molar-refractivity contribution in [2.24, 2.45) is 7.05 Å². The molecule has 0 aliphatic carbocycles. The Balaban J connectivity index is 2.57. The zero-order valence-corrected chi connectivity index (χ0v) is 8.88. The maximum absolute atomic E-state index is 5.74. The molecule has 0 aliphatic rings. The number of hydrogen-bond donors (Lipinski definition) is 0. The van der Waals surface area contributed by atoms with Gasteiger partial charge in [0.05, 0.1) is 0 Å². The monoisotopic (exact) mass is 205 g/mol. The molecule has 0 atom stereocenters. The molecule has 0 aliphatic heterocycles. The van der Waals surface area contributed by atoms with Crippen molar-refractivity contribution < 1.29 is 0 Å². The zero-order chi connectivity index (χ0) is 10.1. The van der Waals surface area contributed by atoms with Gasteiger partial charge in [0.1, 0.15) is 0 Å². The predicted molar refractivity (Wildman–Crippen MR) is 62.7 cm³/mol. The summed E-state index contributed by atoms with van der Waals surface area (Å²) in [5.74, 6) is 0.484. The lowest BCUT2D eigenvalue weighted by Crippen LogP contribution is -1.86. The van der Waals surface area contributed by atoms with Crippen molar-refractivity contribution in [1.82, 2.24) is 4.57 Å². The van der Waals surface area contributed by atoms with Gasteiger partial charge in [-0.3, -0.25) is 0 Å². The summed E-state index contributed by atoms with van der Waals surface area (Å²) >= 11 is 5.74. The fourth-order valence-electron chi connectivity index (χ4n) is 1.58. The molecule has 72 valence electrons. The summed E-state index contributed by atoms with van der Waals surface area (Å²) < 4.78 is 2.10. The lowest BCUT2D eigenvalue weighted by molar-refractivity contribution is 0.969. The fourth-order valence-corrected chi connectivity index (χ4v) is 1.73. The van der Waals surface area contributed by atoms with Gasteiger partial charge in [-0.2, -0.15) is 0 Å². The Hall–Kier alpha value is -1.21. The lowest BCUT2D eigenvalue weighted by atomic mass is 10.1. The number of benzene rings is 1. The number of aromatic nitrogens is 1. The van der Waals surface area contributed by atoms with Crippen molar-refractivity contribution in [2.45, 2.75) is 0 Å². The van der Waals surface area contributed by atoms with Gasteiger partial charge in [-0.15, -0.1) is 11.6 Å². The van der Waals surface area contributed by atoms with E-state index in [2.05, 4.69) is 41.6 Å². The summed E-state index contributed by atoms with van der Waals surface area (Å²) in [5.41, 5.74) is 3.33. The van der Waals surface area contributed by atoms with Crippen LogP contribution in [0.4, 0.5) is 0 Å². The van der Waals surface area contributed by atoms with E-state index in [1.165, 1.54) is 10.9 Å². The van der Waals surface area contributed by atoms with Crippen LogP contribution in [0.1, 0.15) is 5.56 Å². The minimum atomic E-state index is 0.484. The molecule has 0 fully saturated rings. The Morgan fingerprint density at radius 3 is 2.93 bits per heavy atom. The number of allylic oxidation sites excluding steroid dienone is 1. The van der Waals surface area contributed by atoms with Crippen LogP contribution < -0.4 is 0 Å². The van der Waals surface area contributed by atoms with Crippen molar-refractivity contribution in [3.8, 4) is 0 Å². The van der Waals surface area contributed by atoms with E-state index in [0.29, 0.717) is 5.88 Å². The van der Waals surface area contributed by atoms with Gasteiger partial charge in [-0.1, -0.05) is 12.6 Å². The van der Waals surface area contributed by atoms with Crippen molar-refractivity contribution >= 4 is 28.1 Å². The van der Waals surface area contributed by atoms with Gasteiger partial charge >= 0.3 is 0 Å². The minimum absolute atomic E-state index is 0.484. The fraction of sp³-hybridized carbons (Fsp3) is 0.167. The predicted octanol–water partition coefficient (Wildman–Crippen LogP) is 3.43. The van der Waals surface area contributed by atoms with Crippen molar-refractivity contribution in [3.05, 3.63) is 42.6 Å². The molecule has 1 heterocycles. The molecule has 0 radical (unpaired) electrons. The summed E-state index contributed by atoms with van der Waals surface area (Å²) in [6, 6.07) is 8.38. The molecule has 1 aromatic heterocycles. The number of nitrogens with zero attached hydrogens (tertiary/aromatic N) is 1. The van der Waals surface area contributed by atoms with E-state index in [1.54, 1.807) is 0 Å². The summed E-state index contributed by atoms with van der Waals surface area (Å²) in [6.07, 6.45) is 2.05. The number of alkyl halides is 1. The molecule has 0 saturated heterocycles. The third-order valence-corrected chi connectivity index (χ3v) is 2.78. The molecule has 2 heteroatoms. The molecular weight excluding hydrogens is 194 g/mol. The lowest BCUT2D eigenvalue weighted by Gasteiger charge is -2.02. The Kier molecular flexibility index (Phi) is 2.34. The van der Waals surface area contributed by atoms with E-state index in [4.69, 9.17) is 11.6 Å². The average molecular weight is 206 g/mol. The van der Waals surface area contributed by atoms with E-state index < -0.39 is 0 Å². The van der Waals surface area contributed by atoms with Crippen LogP contribution in [0, 0.1) is 0 Å². The topological polar surface area (TPSA) is 4.93 Å². The first-order valence-corrected chi connectivity index (χ1v) is 5.05. The number of halogens is 1. The first kappa shape index (κ1) is 9.35. The van der Waals surface area contributed by atoms with Crippen molar-refractivity contribution in [3.63, 3.8) is 0 Å². The third-order valence-electron chi connectivity index (χ3n) is 2.45. The Bertz CT molecular complexity index is 482. The highest BCUT2D eigenvalue weighted by atomic mass is 35.5. The van der Waals surface area contributed by atoms with Crippen molar-refractivity contribution in [2.75, 3.05) is 5.88 Å². The zero-order valence-electron chi connectivity index (χ0n) is 8.13. The van der Waals surface area contributed by atoms with Crippen molar-refractivity contribution in [1.29, 1.82) is 0 Å². The SMILES string of the molecule is C=C(CCl)c1ccc2c(ccn2C)c1. The second-order valence-corrected chi connectivity index (χ2v) is 3.70. The molecule has 1 aromatic carbocycles. The maximum Gasteiger partial charge on any atom is 0.0478 e. The largest absolute Gasteiger partial charge is 0.351 e. The van der Waals surface area contributed by atoms with Gasteiger partial charge in [-0.05, 0) is 29.3 Å². The van der Waals surface area contributed by atoms with Crippen LogP contribution >= 0.6 is 11.6 Å². The minimum Gasteiger partial charge on any atom is -0.351 e. The molecule has 0 N–H and O–H groups in total.